The fraction of sp³-hybridized carbons (Fsp3) is 0.286. The number of nitrogens with zero attached hydrogens (tertiary/aromatic N) is 5. The maximum Gasteiger partial charge on any atom is 0.351 e. The normalized spacial score (nSPS) is 13.3. The molecular weight excluding hydrogens is 655 g/mol. The molecular formula is C35H34ClFN6O6. The van der Waals surface area contributed by atoms with Crippen LogP contribution in [-0.4, -0.2) is 63.5 Å². The van der Waals surface area contributed by atoms with Crippen LogP contribution in [0.25, 0.3) is 16.6 Å². The molecule has 0 radical (unpaired) electrons. The van der Waals surface area contributed by atoms with Crippen LogP contribution in [-0.2, 0) is 7.05 Å². The van der Waals surface area contributed by atoms with E-state index in [4.69, 9.17) is 25.8 Å². The molecule has 0 atom stereocenters. The van der Waals surface area contributed by atoms with E-state index in [9.17, 15) is 14.4 Å². The molecule has 5 aromatic rings. The second-order valence-corrected chi connectivity index (χ2v) is 12.0. The molecule has 0 aliphatic carbocycles. The molecule has 2 aromatic heterocycles. The summed E-state index contributed by atoms with van der Waals surface area (Å²) in [5, 5.41) is 7.46. The molecule has 3 heterocycles. The first-order chi connectivity index (χ1) is 23.7. The number of carbonyl (C=O) groups is 1. The van der Waals surface area contributed by atoms with E-state index < -0.39 is 28.7 Å². The zero-order valence-corrected chi connectivity index (χ0v) is 27.7. The van der Waals surface area contributed by atoms with Crippen molar-refractivity contribution in [1.29, 1.82) is 0 Å². The van der Waals surface area contributed by atoms with Crippen molar-refractivity contribution in [2.75, 3.05) is 38.7 Å². The first kappa shape index (κ1) is 33.6. The van der Waals surface area contributed by atoms with Gasteiger partial charge in [-0.3, -0.25) is 19.1 Å². The largest absolute Gasteiger partial charge is 0.493 e. The molecule has 6 rings (SSSR count). The van der Waals surface area contributed by atoms with Crippen LogP contribution in [0, 0.1) is 5.82 Å². The smallest absolute Gasteiger partial charge is 0.351 e. The lowest BCUT2D eigenvalue weighted by Gasteiger charge is -2.26. The van der Waals surface area contributed by atoms with E-state index in [0.29, 0.717) is 45.5 Å². The number of methoxy groups -OCH3 is 1. The van der Waals surface area contributed by atoms with E-state index in [1.54, 1.807) is 31.5 Å². The van der Waals surface area contributed by atoms with Gasteiger partial charge in [0, 0.05) is 48.0 Å². The SMILES string of the molecule is COc1cc2c(Oc3ccc(NC(=O)c4nn(-c5ccc(Cl)cc5)c(=O)n(C)c4=O)cc3F)ccnc2cc1OCCCN1CCCCC1. The summed E-state index contributed by atoms with van der Waals surface area (Å²) in [6.07, 6.45) is 6.22. The minimum atomic E-state index is -0.937. The number of anilines is 1. The topological polar surface area (TPSA) is 130 Å². The van der Waals surface area contributed by atoms with Gasteiger partial charge in [0.25, 0.3) is 11.5 Å². The predicted molar refractivity (Wildman–Crippen MR) is 183 cm³/mol. The second-order valence-electron chi connectivity index (χ2n) is 11.5. The number of amides is 1. The third-order valence-corrected chi connectivity index (χ3v) is 8.44. The first-order valence-electron chi connectivity index (χ1n) is 15.8. The molecule has 0 spiro atoms. The van der Waals surface area contributed by atoms with Crippen molar-refractivity contribution in [3.8, 4) is 28.7 Å². The van der Waals surface area contributed by atoms with Gasteiger partial charge >= 0.3 is 5.69 Å². The molecule has 0 unspecified atom stereocenters. The first-order valence-corrected chi connectivity index (χ1v) is 16.2. The average molecular weight is 689 g/mol. The van der Waals surface area contributed by atoms with Gasteiger partial charge in [0.1, 0.15) is 5.75 Å². The third kappa shape index (κ3) is 7.58. The highest BCUT2D eigenvalue weighted by atomic mass is 35.5. The number of benzene rings is 3. The standard InChI is InChI=1S/C35H34ClFN6O6/c1-41-34(45)32(40-43(35(41)46)24-10-7-22(36)8-11-24)33(44)39-23-9-12-29(26(37)19-23)49-28-13-14-38-27-21-31(30(47-2)20-25(27)28)48-18-6-17-42-15-4-3-5-16-42/h7-14,19-21H,3-6,15-18H2,1-2H3,(H,39,44). The number of rotatable bonds is 11. The molecule has 1 N–H and O–H groups in total. The van der Waals surface area contributed by atoms with Crippen LogP contribution in [0.5, 0.6) is 23.0 Å². The molecule has 0 saturated carbocycles. The van der Waals surface area contributed by atoms with Gasteiger partial charge in [-0.2, -0.15) is 9.78 Å². The van der Waals surface area contributed by atoms with Crippen LogP contribution in [0.2, 0.25) is 5.02 Å². The monoisotopic (exact) mass is 688 g/mol. The van der Waals surface area contributed by atoms with Crippen molar-refractivity contribution in [3.63, 3.8) is 0 Å². The summed E-state index contributed by atoms with van der Waals surface area (Å²) in [7, 11) is 2.77. The molecule has 14 heteroatoms. The van der Waals surface area contributed by atoms with E-state index >= 15 is 4.39 Å². The molecule has 1 fully saturated rings. The molecule has 1 amide bonds. The Morgan fingerprint density at radius 3 is 2.47 bits per heavy atom. The fourth-order valence-corrected chi connectivity index (χ4v) is 5.71. The highest BCUT2D eigenvalue weighted by Gasteiger charge is 2.20. The molecule has 12 nitrogen and oxygen atoms in total. The Morgan fingerprint density at radius 2 is 1.73 bits per heavy atom. The van der Waals surface area contributed by atoms with E-state index in [1.807, 2.05) is 0 Å². The Bertz CT molecular complexity index is 2110. The van der Waals surface area contributed by atoms with Gasteiger partial charge < -0.3 is 24.4 Å². The van der Waals surface area contributed by atoms with Crippen LogP contribution in [0.15, 0.2) is 76.4 Å². The minimum Gasteiger partial charge on any atom is -0.493 e. The Labute approximate surface area is 285 Å². The van der Waals surface area contributed by atoms with Gasteiger partial charge in [-0.25, -0.2) is 9.18 Å². The number of fused-ring (bicyclic) bond motifs is 1. The molecule has 49 heavy (non-hydrogen) atoms. The molecule has 0 bridgehead atoms. The van der Waals surface area contributed by atoms with Crippen molar-refractivity contribution in [2.45, 2.75) is 25.7 Å². The summed E-state index contributed by atoms with van der Waals surface area (Å²) in [6, 6.07) is 15.0. The van der Waals surface area contributed by atoms with E-state index in [1.165, 1.54) is 62.7 Å². The number of halogens is 2. The van der Waals surface area contributed by atoms with Crippen molar-refractivity contribution in [1.82, 2.24) is 24.2 Å². The summed E-state index contributed by atoms with van der Waals surface area (Å²) in [5.41, 5.74) is -1.35. The number of piperidine rings is 1. The Morgan fingerprint density at radius 1 is 0.959 bits per heavy atom. The van der Waals surface area contributed by atoms with Crippen molar-refractivity contribution in [2.24, 2.45) is 7.05 Å². The lowest BCUT2D eigenvalue weighted by Crippen LogP contribution is -2.43. The van der Waals surface area contributed by atoms with Crippen LogP contribution < -0.4 is 30.8 Å². The average Bonchev–Trinajstić information content (AvgIpc) is 3.11. The van der Waals surface area contributed by atoms with Crippen LogP contribution in [0.4, 0.5) is 10.1 Å². The van der Waals surface area contributed by atoms with Gasteiger partial charge in [0.05, 0.1) is 24.9 Å². The second kappa shape index (κ2) is 14.9. The van der Waals surface area contributed by atoms with E-state index in [-0.39, 0.29) is 11.4 Å². The molecule has 1 saturated heterocycles. The van der Waals surface area contributed by atoms with Crippen molar-refractivity contribution < 1.29 is 23.4 Å². The number of ether oxygens (including phenoxy) is 3. The van der Waals surface area contributed by atoms with Gasteiger partial charge in [-0.05, 0) is 80.9 Å². The van der Waals surface area contributed by atoms with Gasteiger partial charge in [-0.15, -0.1) is 0 Å². The van der Waals surface area contributed by atoms with Crippen LogP contribution in [0.1, 0.15) is 36.2 Å². The molecule has 1 aliphatic heterocycles. The highest BCUT2D eigenvalue weighted by Crippen LogP contribution is 2.38. The number of carbonyl (C=O) groups excluding carboxylic acids is 1. The summed E-state index contributed by atoms with van der Waals surface area (Å²) >= 11 is 5.94. The number of nitrogens with one attached hydrogen (secondary N) is 1. The van der Waals surface area contributed by atoms with Gasteiger partial charge in [0.15, 0.2) is 23.1 Å². The zero-order valence-electron chi connectivity index (χ0n) is 26.9. The molecule has 1 aliphatic rings. The number of aromatic nitrogens is 4. The van der Waals surface area contributed by atoms with Gasteiger partial charge in [-0.1, -0.05) is 18.0 Å². The lowest BCUT2D eigenvalue weighted by molar-refractivity contribution is 0.101. The van der Waals surface area contributed by atoms with Crippen LogP contribution >= 0.6 is 11.6 Å². The number of hydrogen-bond acceptors (Lipinski definition) is 9. The fourth-order valence-electron chi connectivity index (χ4n) is 5.58. The molecule has 3 aromatic carbocycles. The van der Waals surface area contributed by atoms with E-state index in [0.717, 1.165) is 41.4 Å². The maximum absolute atomic E-state index is 15.3. The predicted octanol–water partition coefficient (Wildman–Crippen LogP) is 5.58. The van der Waals surface area contributed by atoms with Crippen molar-refractivity contribution in [3.05, 3.63) is 104 Å². The Kier molecular flexibility index (Phi) is 10.2. The number of likely N-dealkylation sites (tertiary alicyclic amines) is 1. The summed E-state index contributed by atoms with van der Waals surface area (Å²) in [4.78, 5) is 45.5. The molecule has 254 valence electrons. The summed E-state index contributed by atoms with van der Waals surface area (Å²) < 4.78 is 34.6. The highest BCUT2D eigenvalue weighted by molar-refractivity contribution is 6.30. The number of pyridine rings is 1. The minimum absolute atomic E-state index is 0.0336. The Balaban J connectivity index is 1.17. The van der Waals surface area contributed by atoms with Crippen molar-refractivity contribution >= 4 is 34.1 Å². The number of hydrogen-bond donors (Lipinski definition) is 1. The Hall–Kier alpha value is -5.27. The maximum atomic E-state index is 15.3. The van der Waals surface area contributed by atoms with Crippen LogP contribution in [0.3, 0.4) is 0 Å². The summed E-state index contributed by atoms with van der Waals surface area (Å²) in [5.74, 6) is -0.467. The lowest BCUT2D eigenvalue weighted by atomic mass is 10.1. The quantitative estimate of drug-likeness (QED) is 0.177. The zero-order chi connectivity index (χ0) is 34.5. The van der Waals surface area contributed by atoms with Gasteiger partial charge in [0.2, 0.25) is 5.69 Å². The third-order valence-electron chi connectivity index (χ3n) is 8.18. The van der Waals surface area contributed by atoms with E-state index in [2.05, 4.69) is 20.3 Å². The summed E-state index contributed by atoms with van der Waals surface area (Å²) in [6.45, 7) is 3.77.